The third-order valence-electron chi connectivity index (χ3n) is 1.01. The second-order valence-corrected chi connectivity index (χ2v) is 2.33. The zero-order valence-corrected chi connectivity index (χ0v) is 7.06. The summed E-state index contributed by atoms with van der Waals surface area (Å²) in [4.78, 5) is 20.6. The molecule has 0 saturated heterocycles. The van der Waals surface area contributed by atoms with E-state index in [1.807, 2.05) is 5.32 Å². The molecule has 0 aliphatic rings. The van der Waals surface area contributed by atoms with Crippen molar-refractivity contribution in [1.29, 1.82) is 0 Å². The van der Waals surface area contributed by atoms with Crippen LogP contribution in [0.25, 0.3) is 0 Å². The molecule has 3 N–H and O–H groups in total. The van der Waals surface area contributed by atoms with Crippen LogP contribution in [-0.4, -0.2) is 31.3 Å². The number of hydrogen-bond acceptors (Lipinski definition) is 3. The molecule has 0 aromatic carbocycles. The molecule has 0 aromatic heterocycles. The highest BCUT2D eigenvalue weighted by Gasteiger charge is 2.29. The summed E-state index contributed by atoms with van der Waals surface area (Å²) in [6, 6.07) is 0. The van der Waals surface area contributed by atoms with E-state index in [9.17, 15) is 22.8 Å². The maximum absolute atomic E-state index is 11.5. The second-order valence-electron chi connectivity index (χ2n) is 2.33. The van der Waals surface area contributed by atoms with Gasteiger partial charge < -0.3 is 15.8 Å². The van der Waals surface area contributed by atoms with Gasteiger partial charge in [0, 0.05) is 13.0 Å². The minimum atomic E-state index is -4.55. The molecule has 0 bridgehead atoms. The third-order valence-corrected chi connectivity index (χ3v) is 1.01. The third kappa shape index (κ3) is 8.62. The molecule has 0 aliphatic heterocycles. The van der Waals surface area contributed by atoms with Gasteiger partial charge in [-0.05, 0) is 0 Å². The largest absolute Gasteiger partial charge is 0.440 e. The van der Waals surface area contributed by atoms with E-state index >= 15 is 0 Å². The minimum Gasteiger partial charge on any atom is -0.440 e. The van der Waals surface area contributed by atoms with E-state index in [2.05, 4.69) is 4.74 Å². The van der Waals surface area contributed by atoms with Gasteiger partial charge in [0.25, 0.3) is 0 Å². The van der Waals surface area contributed by atoms with Crippen molar-refractivity contribution in [1.82, 2.24) is 5.32 Å². The van der Waals surface area contributed by atoms with Crippen molar-refractivity contribution in [2.45, 2.75) is 12.6 Å². The van der Waals surface area contributed by atoms with Crippen LogP contribution in [0.15, 0.2) is 0 Å². The maximum atomic E-state index is 11.5. The van der Waals surface area contributed by atoms with E-state index < -0.39 is 24.8 Å². The van der Waals surface area contributed by atoms with Gasteiger partial charge in [0.1, 0.15) is 0 Å². The van der Waals surface area contributed by atoms with Crippen molar-refractivity contribution in [3.8, 4) is 0 Å². The van der Waals surface area contributed by atoms with E-state index in [1.54, 1.807) is 0 Å². The van der Waals surface area contributed by atoms with Crippen LogP contribution in [0.4, 0.5) is 18.0 Å². The van der Waals surface area contributed by atoms with Crippen molar-refractivity contribution in [2.24, 2.45) is 5.73 Å². The lowest BCUT2D eigenvalue weighted by Crippen LogP contribution is -2.31. The van der Waals surface area contributed by atoms with Gasteiger partial charge in [0.15, 0.2) is 6.61 Å². The van der Waals surface area contributed by atoms with Crippen LogP contribution in [0, 0.1) is 0 Å². The topological polar surface area (TPSA) is 81.4 Å². The molecule has 2 amide bonds. The highest BCUT2D eigenvalue weighted by molar-refractivity contribution is 5.75. The summed E-state index contributed by atoms with van der Waals surface area (Å²) in [7, 11) is 0. The fraction of sp³-hybridized carbons (Fsp3) is 0.667. The SMILES string of the molecule is NC(=O)CCNC(=O)OCC(F)(F)F. The molecule has 14 heavy (non-hydrogen) atoms. The van der Waals surface area contributed by atoms with E-state index in [1.165, 1.54) is 0 Å². The van der Waals surface area contributed by atoms with Gasteiger partial charge >= 0.3 is 12.3 Å². The molecule has 0 rings (SSSR count). The molecule has 0 aliphatic carbocycles. The summed E-state index contributed by atoms with van der Waals surface area (Å²) < 4.78 is 38.2. The first-order valence-electron chi connectivity index (χ1n) is 3.57. The number of alkyl carbamates (subject to hydrolysis) is 1. The summed E-state index contributed by atoms with van der Waals surface area (Å²) in [5.74, 6) is -0.666. The van der Waals surface area contributed by atoms with Crippen molar-refractivity contribution in [3.63, 3.8) is 0 Å². The summed E-state index contributed by atoms with van der Waals surface area (Å²) in [6.45, 7) is -1.80. The smallest absolute Gasteiger partial charge is 0.422 e. The molecule has 0 saturated carbocycles. The van der Waals surface area contributed by atoms with Crippen molar-refractivity contribution in [2.75, 3.05) is 13.2 Å². The predicted octanol–water partition coefficient (Wildman–Crippen LogP) is 0.150. The Morgan fingerprint density at radius 3 is 2.36 bits per heavy atom. The van der Waals surface area contributed by atoms with Crippen molar-refractivity contribution >= 4 is 12.0 Å². The Morgan fingerprint density at radius 1 is 1.36 bits per heavy atom. The monoisotopic (exact) mass is 214 g/mol. The Labute approximate surface area is 77.4 Å². The van der Waals surface area contributed by atoms with Gasteiger partial charge in [-0.3, -0.25) is 4.79 Å². The first-order chi connectivity index (χ1) is 6.31. The average molecular weight is 214 g/mol. The van der Waals surface area contributed by atoms with Gasteiger partial charge in [-0.2, -0.15) is 13.2 Å². The molecule has 0 atom stereocenters. The molecule has 82 valence electrons. The number of hydrogen-bond donors (Lipinski definition) is 2. The minimum absolute atomic E-state index is 0.147. The van der Waals surface area contributed by atoms with Gasteiger partial charge in [-0.1, -0.05) is 0 Å². The number of carbonyl (C=O) groups is 2. The Hall–Kier alpha value is -1.47. The van der Waals surface area contributed by atoms with Crippen LogP contribution in [-0.2, 0) is 9.53 Å². The molecule has 0 radical (unpaired) electrons. The molecule has 0 fully saturated rings. The molecule has 0 heterocycles. The predicted molar refractivity (Wildman–Crippen MR) is 39.2 cm³/mol. The number of carbonyl (C=O) groups excluding carboxylic acids is 2. The zero-order chi connectivity index (χ0) is 11.2. The van der Waals surface area contributed by atoms with Crippen molar-refractivity contribution in [3.05, 3.63) is 0 Å². The summed E-state index contributed by atoms with van der Waals surface area (Å²) in [5, 5.41) is 1.92. The van der Waals surface area contributed by atoms with Crippen LogP contribution in [0.1, 0.15) is 6.42 Å². The number of rotatable bonds is 4. The highest BCUT2D eigenvalue weighted by atomic mass is 19.4. The Bertz CT molecular complexity index is 217. The van der Waals surface area contributed by atoms with Gasteiger partial charge in [0.05, 0.1) is 0 Å². The van der Waals surface area contributed by atoms with Crippen LogP contribution < -0.4 is 11.1 Å². The number of alkyl halides is 3. The summed E-state index contributed by atoms with van der Waals surface area (Å²) in [6.07, 6.45) is -5.94. The maximum Gasteiger partial charge on any atom is 0.422 e. The molecule has 0 spiro atoms. The average Bonchev–Trinajstić information content (AvgIpc) is 1.99. The summed E-state index contributed by atoms with van der Waals surface area (Å²) in [5.41, 5.74) is 4.71. The second kappa shape index (κ2) is 5.30. The molecular formula is C6H9F3N2O3. The van der Waals surface area contributed by atoms with Gasteiger partial charge in [-0.15, -0.1) is 0 Å². The fourth-order valence-electron chi connectivity index (χ4n) is 0.486. The lowest BCUT2D eigenvalue weighted by atomic mass is 10.4. The lowest BCUT2D eigenvalue weighted by Gasteiger charge is -2.08. The first-order valence-corrected chi connectivity index (χ1v) is 3.57. The van der Waals surface area contributed by atoms with Crippen molar-refractivity contribution < 1.29 is 27.5 Å². The van der Waals surface area contributed by atoms with Gasteiger partial charge in [0.2, 0.25) is 5.91 Å². The number of primary amides is 1. The van der Waals surface area contributed by atoms with E-state index in [4.69, 9.17) is 5.73 Å². The quantitative estimate of drug-likeness (QED) is 0.698. The van der Waals surface area contributed by atoms with E-state index in [-0.39, 0.29) is 13.0 Å². The molecule has 5 nitrogen and oxygen atoms in total. The molecule has 0 aromatic rings. The van der Waals surface area contributed by atoms with Crippen LogP contribution >= 0.6 is 0 Å². The number of nitrogens with two attached hydrogens (primary N) is 1. The van der Waals surface area contributed by atoms with Crippen LogP contribution in [0.2, 0.25) is 0 Å². The van der Waals surface area contributed by atoms with Gasteiger partial charge in [-0.25, -0.2) is 4.79 Å². The highest BCUT2D eigenvalue weighted by Crippen LogP contribution is 2.14. The normalized spacial score (nSPS) is 10.8. The number of halogens is 3. The molecule has 0 unspecified atom stereocenters. The molecule has 8 heteroatoms. The fourth-order valence-corrected chi connectivity index (χ4v) is 0.486. The van der Waals surface area contributed by atoms with Crippen LogP contribution in [0.5, 0.6) is 0 Å². The summed E-state index contributed by atoms with van der Waals surface area (Å²) >= 11 is 0. The Balaban J connectivity index is 3.52. The Morgan fingerprint density at radius 2 is 1.93 bits per heavy atom. The van der Waals surface area contributed by atoms with Crippen LogP contribution in [0.3, 0.4) is 0 Å². The standard InChI is InChI=1S/C6H9F3N2O3/c7-6(8,9)3-14-5(13)11-2-1-4(10)12/h1-3H2,(H2,10,12)(H,11,13). The first kappa shape index (κ1) is 12.5. The number of amides is 2. The number of ether oxygens (including phenoxy) is 1. The Kier molecular flexibility index (Phi) is 4.74. The molecular weight excluding hydrogens is 205 g/mol. The van der Waals surface area contributed by atoms with E-state index in [0.717, 1.165) is 0 Å². The van der Waals surface area contributed by atoms with E-state index in [0.29, 0.717) is 0 Å². The number of nitrogens with one attached hydrogen (secondary N) is 1. The zero-order valence-electron chi connectivity index (χ0n) is 7.06. The lowest BCUT2D eigenvalue weighted by molar-refractivity contribution is -0.160.